The maximum Gasteiger partial charge on any atom is 0.0762 e. The van der Waals surface area contributed by atoms with Gasteiger partial charge in [-0.25, -0.2) is 0 Å². The Labute approximate surface area is 95.3 Å². The molecule has 3 heteroatoms. The first-order valence-electron chi connectivity index (χ1n) is 5.13. The molecule has 2 nitrogen and oxygen atoms in total. The van der Waals surface area contributed by atoms with Gasteiger partial charge in [-0.2, -0.15) is 0 Å². The Morgan fingerprint density at radius 1 is 1.13 bits per heavy atom. The fourth-order valence-corrected chi connectivity index (χ4v) is 2.15. The number of aliphatic hydroxyl groups excluding tert-OH is 2. The van der Waals surface area contributed by atoms with Crippen LogP contribution >= 0.6 is 11.8 Å². The average Bonchev–Trinajstić information content (AvgIpc) is 2.18. The summed E-state index contributed by atoms with van der Waals surface area (Å²) in [5, 5.41) is 19.0. The highest BCUT2D eigenvalue weighted by Crippen LogP contribution is 2.27. The summed E-state index contributed by atoms with van der Waals surface area (Å²) >= 11 is 1.62. The molecule has 1 rings (SSSR count). The number of thioether (sulfide) groups is 1. The Balaban J connectivity index is 2.73. The van der Waals surface area contributed by atoms with E-state index in [1.165, 1.54) is 0 Å². The number of aliphatic hydroxyl groups is 2. The van der Waals surface area contributed by atoms with E-state index in [9.17, 15) is 10.2 Å². The second-order valence-electron chi connectivity index (χ2n) is 3.81. The van der Waals surface area contributed by atoms with E-state index < -0.39 is 6.10 Å². The molecule has 84 valence electrons. The van der Waals surface area contributed by atoms with Crippen molar-refractivity contribution in [2.45, 2.75) is 43.1 Å². The number of hydrogen-bond donors (Lipinski definition) is 2. The summed E-state index contributed by atoms with van der Waals surface area (Å²) in [4.78, 5) is 1.09. The summed E-state index contributed by atoms with van der Waals surface area (Å²) in [7, 11) is 0. The zero-order chi connectivity index (χ0) is 11.4. The van der Waals surface area contributed by atoms with Gasteiger partial charge in [0.05, 0.1) is 12.2 Å². The van der Waals surface area contributed by atoms with Crippen LogP contribution in [0.3, 0.4) is 0 Å². The average molecular weight is 226 g/mol. The Kier molecular flexibility index (Phi) is 4.64. The molecule has 0 saturated carbocycles. The number of benzene rings is 1. The minimum atomic E-state index is -0.438. The molecule has 0 spiro atoms. The monoisotopic (exact) mass is 226 g/mol. The third-order valence-electron chi connectivity index (χ3n) is 2.34. The van der Waals surface area contributed by atoms with E-state index in [4.69, 9.17) is 0 Å². The Hall–Kier alpha value is -0.510. The second kappa shape index (κ2) is 5.54. The number of hydrogen-bond acceptors (Lipinski definition) is 3. The molecule has 0 aliphatic carbocycles. The third kappa shape index (κ3) is 3.86. The molecule has 0 aliphatic heterocycles. The highest BCUT2D eigenvalue weighted by molar-refractivity contribution is 8.00. The molecule has 0 radical (unpaired) electrons. The van der Waals surface area contributed by atoms with Crippen LogP contribution in [0.4, 0.5) is 0 Å². The number of rotatable bonds is 4. The van der Waals surface area contributed by atoms with Crippen molar-refractivity contribution in [3.63, 3.8) is 0 Å². The Morgan fingerprint density at radius 2 is 1.80 bits per heavy atom. The van der Waals surface area contributed by atoms with Gasteiger partial charge in [-0.1, -0.05) is 19.1 Å². The molecule has 1 aromatic carbocycles. The molecule has 0 amide bonds. The first kappa shape index (κ1) is 12.6. The maximum atomic E-state index is 9.43. The molecule has 0 fully saturated rings. The lowest BCUT2D eigenvalue weighted by molar-refractivity contribution is 0.196. The molecule has 1 aromatic rings. The third-order valence-corrected chi connectivity index (χ3v) is 3.63. The molecule has 0 saturated heterocycles. The van der Waals surface area contributed by atoms with Crippen molar-refractivity contribution < 1.29 is 10.2 Å². The summed E-state index contributed by atoms with van der Waals surface area (Å²) in [6, 6.07) is 7.80. The van der Waals surface area contributed by atoms with Crippen LogP contribution in [-0.4, -0.2) is 21.6 Å². The van der Waals surface area contributed by atoms with Gasteiger partial charge in [0.2, 0.25) is 0 Å². The van der Waals surface area contributed by atoms with Crippen LogP contribution in [0.2, 0.25) is 0 Å². The zero-order valence-corrected chi connectivity index (χ0v) is 10.2. The van der Waals surface area contributed by atoms with E-state index in [2.05, 4.69) is 0 Å². The van der Waals surface area contributed by atoms with Gasteiger partial charge in [0, 0.05) is 10.1 Å². The van der Waals surface area contributed by atoms with Crippen molar-refractivity contribution in [3.05, 3.63) is 29.8 Å². The molecular weight excluding hydrogens is 208 g/mol. The van der Waals surface area contributed by atoms with Crippen LogP contribution in [0.15, 0.2) is 29.2 Å². The van der Waals surface area contributed by atoms with E-state index in [-0.39, 0.29) is 11.4 Å². The van der Waals surface area contributed by atoms with Gasteiger partial charge in [0.1, 0.15) is 0 Å². The zero-order valence-electron chi connectivity index (χ0n) is 9.34. The van der Waals surface area contributed by atoms with Crippen LogP contribution in [0, 0.1) is 0 Å². The highest BCUT2D eigenvalue weighted by atomic mass is 32.2. The Morgan fingerprint density at radius 3 is 2.33 bits per heavy atom. The molecule has 0 bridgehead atoms. The largest absolute Gasteiger partial charge is 0.392 e. The first-order chi connectivity index (χ1) is 7.00. The SMILES string of the molecule is CC(O)c1cccc(SC(C)C(C)O)c1. The minimum absolute atomic E-state index is 0.161. The standard InChI is InChI=1S/C12H18O2S/c1-8(13)10(3)15-12-6-4-5-11(7-12)9(2)14/h4-10,13-14H,1-3H3. The summed E-state index contributed by atoms with van der Waals surface area (Å²) in [6.07, 6.45) is -0.766. The van der Waals surface area contributed by atoms with Crippen molar-refractivity contribution in [2.75, 3.05) is 0 Å². The smallest absolute Gasteiger partial charge is 0.0762 e. The van der Waals surface area contributed by atoms with E-state index in [1.807, 2.05) is 31.2 Å². The molecule has 0 aliphatic rings. The van der Waals surface area contributed by atoms with Crippen LogP contribution in [0.1, 0.15) is 32.4 Å². The van der Waals surface area contributed by atoms with Crippen molar-refractivity contribution in [3.8, 4) is 0 Å². The van der Waals surface area contributed by atoms with Crippen molar-refractivity contribution in [1.29, 1.82) is 0 Å². The van der Waals surface area contributed by atoms with Crippen LogP contribution in [0.5, 0.6) is 0 Å². The van der Waals surface area contributed by atoms with Gasteiger partial charge in [-0.15, -0.1) is 11.8 Å². The first-order valence-corrected chi connectivity index (χ1v) is 6.01. The molecule has 2 N–H and O–H groups in total. The fourth-order valence-electron chi connectivity index (χ4n) is 1.16. The van der Waals surface area contributed by atoms with Crippen LogP contribution < -0.4 is 0 Å². The van der Waals surface area contributed by atoms with E-state index in [0.29, 0.717) is 0 Å². The van der Waals surface area contributed by atoms with Crippen LogP contribution in [0.25, 0.3) is 0 Å². The second-order valence-corrected chi connectivity index (χ2v) is 5.26. The summed E-state index contributed by atoms with van der Waals surface area (Å²) in [5.41, 5.74) is 0.915. The van der Waals surface area contributed by atoms with Gasteiger partial charge in [0.25, 0.3) is 0 Å². The van der Waals surface area contributed by atoms with E-state index in [0.717, 1.165) is 10.5 Å². The molecular formula is C12H18O2S. The lowest BCUT2D eigenvalue weighted by Gasteiger charge is -2.15. The normalized spacial score (nSPS) is 17.1. The van der Waals surface area contributed by atoms with Gasteiger partial charge < -0.3 is 10.2 Å². The minimum Gasteiger partial charge on any atom is -0.392 e. The van der Waals surface area contributed by atoms with Gasteiger partial charge in [0.15, 0.2) is 0 Å². The highest BCUT2D eigenvalue weighted by Gasteiger charge is 2.11. The van der Waals surface area contributed by atoms with E-state index >= 15 is 0 Å². The van der Waals surface area contributed by atoms with Gasteiger partial charge in [-0.3, -0.25) is 0 Å². The molecule has 3 unspecified atom stereocenters. The quantitative estimate of drug-likeness (QED) is 0.775. The van der Waals surface area contributed by atoms with E-state index in [1.54, 1.807) is 25.6 Å². The van der Waals surface area contributed by atoms with Crippen molar-refractivity contribution in [2.24, 2.45) is 0 Å². The molecule has 3 atom stereocenters. The van der Waals surface area contributed by atoms with Gasteiger partial charge >= 0.3 is 0 Å². The summed E-state index contributed by atoms with van der Waals surface area (Å²) < 4.78 is 0. The maximum absolute atomic E-state index is 9.43. The Bertz CT molecular complexity index is 310. The van der Waals surface area contributed by atoms with Crippen LogP contribution in [-0.2, 0) is 0 Å². The lowest BCUT2D eigenvalue weighted by atomic mass is 10.1. The van der Waals surface area contributed by atoms with Crippen molar-refractivity contribution in [1.82, 2.24) is 0 Å². The fraction of sp³-hybridized carbons (Fsp3) is 0.500. The topological polar surface area (TPSA) is 40.5 Å². The predicted octanol–water partition coefficient (Wildman–Crippen LogP) is 2.60. The summed E-state index contributed by atoms with van der Waals surface area (Å²) in [5.74, 6) is 0. The van der Waals surface area contributed by atoms with Gasteiger partial charge in [-0.05, 0) is 31.5 Å². The molecule has 0 aromatic heterocycles. The van der Waals surface area contributed by atoms with Crippen molar-refractivity contribution >= 4 is 11.8 Å². The predicted molar refractivity (Wildman–Crippen MR) is 64.1 cm³/mol. The molecule has 15 heavy (non-hydrogen) atoms. The lowest BCUT2D eigenvalue weighted by Crippen LogP contribution is -2.14. The molecule has 0 heterocycles. The summed E-state index contributed by atoms with van der Waals surface area (Å²) in [6.45, 7) is 5.53.